The van der Waals surface area contributed by atoms with E-state index < -0.39 is 14.4 Å². The molecule has 198 valence electrons. The summed E-state index contributed by atoms with van der Waals surface area (Å²) in [5.41, 5.74) is 3.89. The van der Waals surface area contributed by atoms with Crippen LogP contribution in [0.5, 0.6) is 11.5 Å². The number of allylic oxidation sites excluding steroid dienone is 2. The lowest BCUT2D eigenvalue weighted by Crippen LogP contribution is -2.36. The van der Waals surface area contributed by atoms with Crippen molar-refractivity contribution in [3.05, 3.63) is 46.7 Å². The molecule has 1 aromatic rings. The van der Waals surface area contributed by atoms with Crippen LogP contribution in [0.3, 0.4) is 0 Å². The summed E-state index contributed by atoms with van der Waals surface area (Å²) in [4.78, 5) is 0. The average molecular weight is 507 g/mol. The van der Waals surface area contributed by atoms with Gasteiger partial charge in [-0.1, -0.05) is 31.9 Å². The summed E-state index contributed by atoms with van der Waals surface area (Å²) in [5, 5.41) is 10.9. The van der Waals surface area contributed by atoms with E-state index in [1.165, 1.54) is 6.42 Å². The lowest BCUT2D eigenvalue weighted by Gasteiger charge is -2.41. The predicted molar refractivity (Wildman–Crippen MR) is 143 cm³/mol. The minimum absolute atomic E-state index is 0.0409. The van der Waals surface area contributed by atoms with Gasteiger partial charge in [-0.05, 0) is 81.9 Å². The molecule has 2 rings (SSSR count). The molecule has 1 aliphatic rings. The first kappa shape index (κ1) is 29.4. The zero-order valence-electron chi connectivity index (χ0n) is 23.0. The highest BCUT2D eigenvalue weighted by atomic mass is 28.4. The second-order valence-electron chi connectivity index (χ2n) is 10.5. The lowest BCUT2D eigenvalue weighted by atomic mass is 9.71. The van der Waals surface area contributed by atoms with Crippen molar-refractivity contribution in [3.63, 3.8) is 0 Å². The topological polar surface area (TPSA) is 66.4 Å². The third-order valence-electron chi connectivity index (χ3n) is 6.31. The van der Waals surface area contributed by atoms with Crippen molar-refractivity contribution < 1.29 is 28.5 Å². The monoisotopic (exact) mass is 506 g/mol. The smallest absolute Gasteiger partial charge is 0.241 e. The van der Waals surface area contributed by atoms with E-state index in [4.69, 9.17) is 23.4 Å². The molecule has 0 radical (unpaired) electrons. The molecule has 6 nitrogen and oxygen atoms in total. The first-order valence-corrected chi connectivity index (χ1v) is 16.1. The Labute approximate surface area is 213 Å². The maximum Gasteiger partial charge on any atom is 0.241 e. The molecular weight excluding hydrogens is 460 g/mol. The molecule has 0 saturated heterocycles. The fourth-order valence-corrected chi connectivity index (χ4v) is 5.55. The van der Waals surface area contributed by atoms with Crippen molar-refractivity contribution in [1.29, 1.82) is 0 Å². The molecular formula is C28H46O6Si. The first-order chi connectivity index (χ1) is 16.5. The number of methoxy groups -OCH3 is 2. The highest BCUT2D eigenvalue weighted by molar-refractivity contribution is 6.70. The Morgan fingerprint density at radius 3 is 2.09 bits per heavy atom. The molecule has 0 amide bonds. The number of ether oxygens (including phenoxy) is 4. The maximum absolute atomic E-state index is 10.9. The Balaban J connectivity index is 2.78. The summed E-state index contributed by atoms with van der Waals surface area (Å²) >= 11 is 0. The van der Waals surface area contributed by atoms with Crippen LogP contribution in [0.1, 0.15) is 63.5 Å². The van der Waals surface area contributed by atoms with Crippen LogP contribution >= 0.6 is 0 Å². The fourth-order valence-electron chi connectivity index (χ4n) is 4.61. The molecule has 0 spiro atoms. The van der Waals surface area contributed by atoms with E-state index >= 15 is 0 Å². The molecule has 0 aromatic heterocycles. The number of aliphatic hydroxyl groups excluding tert-OH is 1. The van der Waals surface area contributed by atoms with Gasteiger partial charge in [-0.2, -0.15) is 0 Å². The SMILES string of the molecule is C=C(C)[C@@H]1C[C@H](O)C(C)=C(O[Si](C)(C)C)[C@H]1c1c(OCOC)cc(CCCCC)cc1OCOC. The van der Waals surface area contributed by atoms with Crippen LogP contribution in [-0.2, 0) is 20.3 Å². The van der Waals surface area contributed by atoms with Gasteiger partial charge >= 0.3 is 0 Å². The van der Waals surface area contributed by atoms with E-state index in [1.807, 2.05) is 13.8 Å². The van der Waals surface area contributed by atoms with Crippen molar-refractivity contribution in [2.75, 3.05) is 27.8 Å². The fraction of sp³-hybridized carbons (Fsp3) is 0.643. The van der Waals surface area contributed by atoms with E-state index in [9.17, 15) is 5.11 Å². The van der Waals surface area contributed by atoms with E-state index in [2.05, 4.69) is 45.3 Å². The van der Waals surface area contributed by atoms with Crippen LogP contribution in [-0.4, -0.2) is 47.3 Å². The van der Waals surface area contributed by atoms with Crippen molar-refractivity contribution >= 4 is 8.32 Å². The third-order valence-corrected chi connectivity index (χ3v) is 7.14. The average Bonchev–Trinajstić information content (AvgIpc) is 2.78. The molecule has 0 unspecified atom stereocenters. The van der Waals surface area contributed by atoms with Crippen molar-refractivity contribution in [1.82, 2.24) is 0 Å². The lowest BCUT2D eigenvalue weighted by molar-refractivity contribution is 0.0429. The second kappa shape index (κ2) is 13.5. The molecule has 1 aliphatic carbocycles. The summed E-state index contributed by atoms with van der Waals surface area (Å²) in [7, 11) is 1.23. The molecule has 0 heterocycles. The number of rotatable bonds is 14. The number of hydrogen-bond acceptors (Lipinski definition) is 6. The van der Waals surface area contributed by atoms with Gasteiger partial charge < -0.3 is 28.5 Å². The summed E-state index contributed by atoms with van der Waals surface area (Å²) in [6.07, 6.45) is 4.33. The summed E-state index contributed by atoms with van der Waals surface area (Å²) < 4.78 is 29.6. The molecule has 0 saturated carbocycles. The number of unbranched alkanes of at least 4 members (excludes halogenated alkanes) is 2. The van der Waals surface area contributed by atoms with Gasteiger partial charge in [0.25, 0.3) is 0 Å². The van der Waals surface area contributed by atoms with E-state index in [1.54, 1.807) is 14.2 Å². The summed E-state index contributed by atoms with van der Waals surface area (Å²) in [6, 6.07) is 4.21. The Kier molecular flexibility index (Phi) is 11.3. The van der Waals surface area contributed by atoms with Crippen molar-refractivity contribution in [2.24, 2.45) is 5.92 Å². The van der Waals surface area contributed by atoms with E-state index in [-0.39, 0.29) is 25.4 Å². The number of aryl methyl sites for hydroxylation is 1. The van der Waals surface area contributed by atoms with Gasteiger partial charge in [0.15, 0.2) is 13.6 Å². The summed E-state index contributed by atoms with van der Waals surface area (Å²) in [5.74, 6) is 1.99. The normalized spacial score (nSPS) is 20.7. The number of aliphatic hydroxyl groups is 1. The van der Waals surface area contributed by atoms with E-state index in [0.29, 0.717) is 17.9 Å². The van der Waals surface area contributed by atoms with Crippen LogP contribution in [0, 0.1) is 5.92 Å². The minimum atomic E-state index is -2.00. The Morgan fingerprint density at radius 1 is 1.06 bits per heavy atom. The first-order valence-electron chi connectivity index (χ1n) is 12.7. The molecule has 0 aliphatic heterocycles. The van der Waals surface area contributed by atoms with Crippen LogP contribution in [0.25, 0.3) is 0 Å². The van der Waals surface area contributed by atoms with Gasteiger partial charge in [-0.25, -0.2) is 0 Å². The molecule has 7 heteroatoms. The molecule has 3 atom stereocenters. The Morgan fingerprint density at radius 2 is 1.63 bits per heavy atom. The van der Waals surface area contributed by atoms with Gasteiger partial charge in [0.05, 0.1) is 17.8 Å². The quantitative estimate of drug-likeness (QED) is 0.134. The standard InChI is InChI=1S/C28H46O6Si/c1-10-11-12-13-21-14-24(32-17-30-5)27(25(15-21)33-18-31-6)26-22(19(2)3)16-23(29)20(4)28(26)34-35(7,8)9/h14-15,22-23,26,29H,2,10-13,16-18H2,1,3-9H3/t22-,23-,26+/m0/s1. The van der Waals surface area contributed by atoms with E-state index in [0.717, 1.165) is 47.3 Å². The third kappa shape index (κ3) is 8.10. The molecule has 0 bridgehead atoms. The summed E-state index contributed by atoms with van der Waals surface area (Å²) in [6.45, 7) is 17.2. The van der Waals surface area contributed by atoms with Crippen LogP contribution in [0.4, 0.5) is 0 Å². The second-order valence-corrected chi connectivity index (χ2v) is 14.9. The predicted octanol–water partition coefficient (Wildman–Crippen LogP) is 6.55. The van der Waals surface area contributed by atoms with Crippen LogP contribution < -0.4 is 9.47 Å². The molecule has 1 N–H and O–H groups in total. The van der Waals surface area contributed by atoms with Crippen molar-refractivity contribution in [2.45, 2.75) is 84.5 Å². The Bertz CT molecular complexity index is 844. The van der Waals surface area contributed by atoms with Gasteiger partial charge in [-0.15, -0.1) is 0 Å². The zero-order valence-corrected chi connectivity index (χ0v) is 24.0. The van der Waals surface area contributed by atoms with Gasteiger partial charge in [0, 0.05) is 19.8 Å². The van der Waals surface area contributed by atoms with Gasteiger partial charge in [0.2, 0.25) is 8.32 Å². The minimum Gasteiger partial charge on any atom is -0.547 e. The molecule has 0 fully saturated rings. The van der Waals surface area contributed by atoms with Crippen LogP contribution in [0.2, 0.25) is 19.6 Å². The van der Waals surface area contributed by atoms with Crippen molar-refractivity contribution in [3.8, 4) is 11.5 Å². The zero-order chi connectivity index (χ0) is 26.2. The molecule has 1 aromatic carbocycles. The Hall–Kier alpha value is -1.80. The molecule has 35 heavy (non-hydrogen) atoms. The van der Waals surface area contributed by atoms with Crippen LogP contribution in [0.15, 0.2) is 35.6 Å². The largest absolute Gasteiger partial charge is 0.547 e. The maximum atomic E-state index is 10.9. The number of hydrogen-bond donors (Lipinski definition) is 1. The number of benzene rings is 1. The van der Waals surface area contributed by atoms with Gasteiger partial charge in [0.1, 0.15) is 11.5 Å². The highest BCUT2D eigenvalue weighted by Crippen LogP contribution is 2.51. The highest BCUT2D eigenvalue weighted by Gasteiger charge is 2.42. The van der Waals surface area contributed by atoms with Gasteiger partial charge in [-0.3, -0.25) is 0 Å².